The first kappa shape index (κ1) is 13.5. The zero-order valence-corrected chi connectivity index (χ0v) is 11.2. The Labute approximate surface area is 107 Å². The van der Waals surface area contributed by atoms with Gasteiger partial charge in [-0.15, -0.1) is 0 Å². The number of hydrogen-bond donors (Lipinski definition) is 2. The molecule has 18 heavy (non-hydrogen) atoms. The summed E-state index contributed by atoms with van der Waals surface area (Å²) < 4.78 is 26.7. The summed E-state index contributed by atoms with van der Waals surface area (Å²) in [6.07, 6.45) is 4.43. The van der Waals surface area contributed by atoms with Crippen LogP contribution in [0.3, 0.4) is 0 Å². The van der Waals surface area contributed by atoms with Crippen LogP contribution in [0.25, 0.3) is 0 Å². The molecule has 0 aliphatic heterocycles. The molecule has 1 aliphatic rings. The predicted octanol–water partition coefficient (Wildman–Crippen LogP) is 1.04. The van der Waals surface area contributed by atoms with Gasteiger partial charge in [-0.3, -0.25) is 0 Å². The first-order valence-corrected chi connectivity index (χ1v) is 7.63. The Bertz CT molecular complexity index is 499. The summed E-state index contributed by atoms with van der Waals surface area (Å²) in [5.41, 5.74) is 0.601. The van der Waals surface area contributed by atoms with E-state index in [1.807, 2.05) is 0 Å². The third-order valence-corrected chi connectivity index (χ3v) is 4.55. The maximum atomic E-state index is 12.0. The van der Waals surface area contributed by atoms with Gasteiger partial charge in [0.25, 0.3) is 10.0 Å². The van der Waals surface area contributed by atoms with E-state index in [0.717, 1.165) is 19.3 Å². The summed E-state index contributed by atoms with van der Waals surface area (Å²) in [6.45, 7) is 1.96. The van der Waals surface area contributed by atoms with E-state index in [1.54, 1.807) is 6.07 Å². The maximum absolute atomic E-state index is 12.0. The molecular weight excluding hydrogens is 252 g/mol. The van der Waals surface area contributed by atoms with Crippen LogP contribution in [0.5, 0.6) is 0 Å². The summed E-state index contributed by atoms with van der Waals surface area (Å²) in [5, 5.41) is 8.89. The minimum Gasteiger partial charge on any atom is -0.392 e. The number of aliphatic hydroxyl groups excluding tert-OH is 1. The second-order valence-electron chi connectivity index (χ2n) is 4.68. The molecule has 0 radical (unpaired) electrons. The molecule has 0 amide bonds. The van der Waals surface area contributed by atoms with Crippen molar-refractivity contribution in [2.75, 3.05) is 0 Å². The molecule has 100 valence electrons. The van der Waals surface area contributed by atoms with Crippen LogP contribution in [-0.2, 0) is 16.6 Å². The first-order valence-electron chi connectivity index (χ1n) is 6.15. The quantitative estimate of drug-likeness (QED) is 0.809. The Hall–Kier alpha value is -0.980. The molecule has 2 N–H and O–H groups in total. The highest BCUT2D eigenvalue weighted by Gasteiger charge is 2.39. The fourth-order valence-corrected chi connectivity index (χ4v) is 3.25. The van der Waals surface area contributed by atoms with Crippen LogP contribution in [0.4, 0.5) is 0 Å². The standard InChI is InChI=1S/C12H18N2O3S/c1-2-3-10-6-11(10)14-18(16,17)12-5-4-9(8-15)7-13-12/h4-5,7,10-11,14-15H,2-3,6,8H2,1H3. The van der Waals surface area contributed by atoms with Gasteiger partial charge in [-0.2, -0.15) is 0 Å². The van der Waals surface area contributed by atoms with Gasteiger partial charge in [-0.05, 0) is 30.4 Å². The maximum Gasteiger partial charge on any atom is 0.258 e. The highest BCUT2D eigenvalue weighted by Crippen LogP contribution is 2.35. The number of nitrogens with one attached hydrogen (secondary N) is 1. The lowest BCUT2D eigenvalue weighted by atomic mass is 10.2. The summed E-state index contributed by atoms with van der Waals surface area (Å²) in [7, 11) is -3.52. The number of hydrogen-bond acceptors (Lipinski definition) is 4. The van der Waals surface area contributed by atoms with Crippen molar-refractivity contribution in [1.82, 2.24) is 9.71 Å². The molecule has 2 atom stereocenters. The minimum atomic E-state index is -3.52. The second-order valence-corrected chi connectivity index (χ2v) is 6.34. The molecule has 6 heteroatoms. The Balaban J connectivity index is 2.02. The van der Waals surface area contributed by atoms with E-state index in [-0.39, 0.29) is 17.7 Å². The van der Waals surface area contributed by atoms with Crippen LogP contribution >= 0.6 is 0 Å². The lowest BCUT2D eigenvalue weighted by Gasteiger charge is -2.05. The van der Waals surface area contributed by atoms with Gasteiger partial charge < -0.3 is 5.11 Å². The highest BCUT2D eigenvalue weighted by molar-refractivity contribution is 7.89. The molecule has 1 aromatic heterocycles. The largest absolute Gasteiger partial charge is 0.392 e. The van der Waals surface area contributed by atoms with E-state index < -0.39 is 10.0 Å². The molecule has 0 saturated heterocycles. The summed E-state index contributed by atoms with van der Waals surface area (Å²) in [5.74, 6) is 0.474. The van der Waals surface area contributed by atoms with Gasteiger partial charge >= 0.3 is 0 Å². The number of sulfonamides is 1. The van der Waals surface area contributed by atoms with E-state index in [0.29, 0.717) is 11.5 Å². The molecular formula is C12H18N2O3S. The average molecular weight is 270 g/mol. The van der Waals surface area contributed by atoms with Crippen LogP contribution < -0.4 is 4.72 Å². The van der Waals surface area contributed by atoms with Crippen LogP contribution in [0.2, 0.25) is 0 Å². The van der Waals surface area contributed by atoms with Crippen LogP contribution in [-0.4, -0.2) is 24.6 Å². The highest BCUT2D eigenvalue weighted by atomic mass is 32.2. The molecule has 1 saturated carbocycles. The van der Waals surface area contributed by atoms with Crippen molar-refractivity contribution >= 4 is 10.0 Å². The van der Waals surface area contributed by atoms with Gasteiger partial charge in [0.15, 0.2) is 5.03 Å². The van der Waals surface area contributed by atoms with Crippen molar-refractivity contribution in [3.05, 3.63) is 23.9 Å². The number of pyridine rings is 1. The molecule has 1 aliphatic carbocycles. The lowest BCUT2D eigenvalue weighted by Crippen LogP contribution is -2.27. The smallest absolute Gasteiger partial charge is 0.258 e. The van der Waals surface area contributed by atoms with Crippen LogP contribution in [0.1, 0.15) is 31.7 Å². The SMILES string of the molecule is CCCC1CC1NS(=O)(=O)c1ccc(CO)cn1. The number of nitrogens with zero attached hydrogens (tertiary/aromatic N) is 1. The Kier molecular flexibility index (Phi) is 3.99. The second kappa shape index (κ2) is 5.34. The lowest BCUT2D eigenvalue weighted by molar-refractivity contribution is 0.281. The number of rotatable bonds is 6. The predicted molar refractivity (Wildman–Crippen MR) is 67.3 cm³/mol. The minimum absolute atomic E-state index is 0.0156. The first-order chi connectivity index (χ1) is 8.56. The Morgan fingerprint density at radius 2 is 2.28 bits per heavy atom. The zero-order chi connectivity index (χ0) is 13.2. The van der Waals surface area contributed by atoms with Gasteiger partial charge in [0, 0.05) is 12.2 Å². The van der Waals surface area contributed by atoms with Crippen LogP contribution in [0, 0.1) is 5.92 Å². The van der Waals surface area contributed by atoms with Crippen molar-refractivity contribution in [3.63, 3.8) is 0 Å². The summed E-state index contributed by atoms with van der Waals surface area (Å²) >= 11 is 0. The molecule has 5 nitrogen and oxygen atoms in total. The monoisotopic (exact) mass is 270 g/mol. The third-order valence-electron chi connectivity index (χ3n) is 3.14. The van der Waals surface area contributed by atoms with E-state index in [1.165, 1.54) is 12.3 Å². The summed E-state index contributed by atoms with van der Waals surface area (Å²) in [4.78, 5) is 3.86. The molecule has 1 heterocycles. The van der Waals surface area contributed by atoms with Gasteiger partial charge in [0.2, 0.25) is 0 Å². The van der Waals surface area contributed by atoms with E-state index in [9.17, 15) is 8.42 Å². The molecule has 0 bridgehead atoms. The fraction of sp³-hybridized carbons (Fsp3) is 0.583. The van der Waals surface area contributed by atoms with Gasteiger partial charge in [-0.25, -0.2) is 18.1 Å². The van der Waals surface area contributed by atoms with Crippen molar-refractivity contribution in [2.45, 2.75) is 43.9 Å². The number of aliphatic hydroxyl groups is 1. The molecule has 0 spiro atoms. The Morgan fingerprint density at radius 3 is 2.83 bits per heavy atom. The molecule has 0 aromatic carbocycles. The van der Waals surface area contributed by atoms with Gasteiger partial charge in [-0.1, -0.05) is 19.4 Å². The van der Waals surface area contributed by atoms with Crippen molar-refractivity contribution < 1.29 is 13.5 Å². The average Bonchev–Trinajstić information content (AvgIpc) is 3.07. The molecule has 2 rings (SSSR count). The van der Waals surface area contributed by atoms with Gasteiger partial charge in [0.1, 0.15) is 0 Å². The summed E-state index contributed by atoms with van der Waals surface area (Å²) in [6, 6.07) is 3.05. The van der Waals surface area contributed by atoms with Crippen LogP contribution in [0.15, 0.2) is 23.4 Å². The fourth-order valence-electron chi connectivity index (χ4n) is 2.00. The third kappa shape index (κ3) is 3.07. The zero-order valence-electron chi connectivity index (χ0n) is 10.3. The van der Waals surface area contributed by atoms with Crippen molar-refractivity contribution in [2.24, 2.45) is 5.92 Å². The van der Waals surface area contributed by atoms with E-state index in [4.69, 9.17) is 5.11 Å². The van der Waals surface area contributed by atoms with E-state index in [2.05, 4.69) is 16.6 Å². The molecule has 1 aromatic rings. The van der Waals surface area contributed by atoms with Gasteiger partial charge in [0.05, 0.1) is 6.61 Å². The molecule has 1 fully saturated rings. The topological polar surface area (TPSA) is 79.3 Å². The van der Waals surface area contributed by atoms with Crippen molar-refractivity contribution in [3.8, 4) is 0 Å². The molecule has 2 unspecified atom stereocenters. The Morgan fingerprint density at radius 1 is 1.50 bits per heavy atom. The normalized spacial score (nSPS) is 23.0. The van der Waals surface area contributed by atoms with Crippen molar-refractivity contribution in [1.29, 1.82) is 0 Å². The number of aromatic nitrogens is 1. The van der Waals surface area contributed by atoms with E-state index >= 15 is 0 Å².